The van der Waals surface area contributed by atoms with Gasteiger partial charge in [-0.05, 0) is 49.3 Å². The number of nitrogens with one attached hydrogen (secondary N) is 1. The van der Waals surface area contributed by atoms with E-state index in [9.17, 15) is 13.2 Å². The Hall–Kier alpha value is -2.79. The molecule has 0 atom stereocenters. The van der Waals surface area contributed by atoms with Gasteiger partial charge in [0, 0.05) is 37.8 Å². The first-order chi connectivity index (χ1) is 16.2. The number of hydrogen-bond donors (Lipinski definition) is 3. The van der Waals surface area contributed by atoms with Crippen LogP contribution in [0.2, 0.25) is 0 Å². The normalized spacial score (nSPS) is 16.4. The molecule has 1 aliphatic heterocycles. The van der Waals surface area contributed by atoms with Crippen LogP contribution in [0.3, 0.4) is 0 Å². The number of nitrogens with two attached hydrogens (primary N) is 1. The number of aryl methyl sites for hydroxylation is 3. The van der Waals surface area contributed by atoms with Crippen LogP contribution in [0.1, 0.15) is 40.8 Å². The molecule has 0 saturated carbocycles. The SMILES string of the molecule is Cc1ccc2c(c1)CCc1ccc(OS(=O)(=O)O)nc1C2=C1CCN(CC(=O)NCCN)CC1. The highest BCUT2D eigenvalue weighted by Gasteiger charge is 2.26. The molecule has 1 aromatic heterocycles. The van der Waals surface area contributed by atoms with Gasteiger partial charge in [-0.1, -0.05) is 35.4 Å². The van der Waals surface area contributed by atoms with E-state index in [0.717, 1.165) is 55.5 Å². The number of pyridine rings is 1. The lowest BCUT2D eigenvalue weighted by molar-refractivity contribution is -0.122. The Morgan fingerprint density at radius 3 is 2.59 bits per heavy atom. The van der Waals surface area contributed by atoms with Gasteiger partial charge in [0.15, 0.2) is 0 Å². The monoisotopic (exact) mass is 486 g/mol. The molecule has 182 valence electrons. The zero-order valence-electron chi connectivity index (χ0n) is 19.2. The topological polar surface area (TPSA) is 135 Å². The smallest absolute Gasteiger partial charge is 0.354 e. The summed E-state index contributed by atoms with van der Waals surface area (Å²) in [5, 5.41) is 2.81. The molecule has 4 rings (SSSR count). The molecule has 10 heteroatoms. The van der Waals surface area contributed by atoms with Crippen LogP contribution in [-0.4, -0.2) is 61.5 Å². The molecule has 1 fully saturated rings. The first-order valence-corrected chi connectivity index (χ1v) is 12.8. The van der Waals surface area contributed by atoms with Crippen molar-refractivity contribution in [3.05, 3.63) is 63.9 Å². The minimum Gasteiger partial charge on any atom is -0.354 e. The summed E-state index contributed by atoms with van der Waals surface area (Å²) in [6.45, 7) is 4.74. The Morgan fingerprint density at radius 1 is 1.15 bits per heavy atom. The van der Waals surface area contributed by atoms with Gasteiger partial charge in [0.1, 0.15) is 0 Å². The minimum absolute atomic E-state index is 0.0316. The summed E-state index contributed by atoms with van der Waals surface area (Å²) >= 11 is 0. The van der Waals surface area contributed by atoms with Crippen LogP contribution < -0.4 is 15.2 Å². The van der Waals surface area contributed by atoms with E-state index in [4.69, 9.17) is 10.3 Å². The predicted octanol–water partition coefficient (Wildman–Crippen LogP) is 1.64. The van der Waals surface area contributed by atoms with E-state index in [1.54, 1.807) is 0 Å². The lowest BCUT2D eigenvalue weighted by atomic mass is 9.88. The van der Waals surface area contributed by atoms with Crippen LogP contribution in [0.5, 0.6) is 5.88 Å². The van der Waals surface area contributed by atoms with Gasteiger partial charge in [0.25, 0.3) is 0 Å². The number of likely N-dealkylation sites (tertiary alicyclic amines) is 1. The number of carbonyl (C=O) groups excluding carboxylic acids is 1. The maximum absolute atomic E-state index is 12.1. The van der Waals surface area contributed by atoms with Gasteiger partial charge in [-0.2, -0.15) is 8.42 Å². The molecule has 1 saturated heterocycles. The van der Waals surface area contributed by atoms with E-state index in [0.29, 0.717) is 25.3 Å². The number of fused-ring (bicyclic) bond motifs is 2. The Morgan fingerprint density at radius 2 is 1.88 bits per heavy atom. The number of amides is 1. The number of aromatic nitrogens is 1. The molecule has 0 spiro atoms. The summed E-state index contributed by atoms with van der Waals surface area (Å²) in [5.41, 5.74) is 12.8. The number of hydrogen-bond acceptors (Lipinski definition) is 7. The van der Waals surface area contributed by atoms with Crippen molar-refractivity contribution in [1.82, 2.24) is 15.2 Å². The van der Waals surface area contributed by atoms with Crippen LogP contribution in [0.25, 0.3) is 5.57 Å². The molecule has 0 bridgehead atoms. The van der Waals surface area contributed by atoms with Crippen molar-refractivity contribution < 1.29 is 21.9 Å². The number of carbonyl (C=O) groups is 1. The molecule has 34 heavy (non-hydrogen) atoms. The summed E-state index contributed by atoms with van der Waals surface area (Å²) in [6, 6.07) is 9.65. The molecule has 0 unspecified atom stereocenters. The Kier molecular flexibility index (Phi) is 7.32. The predicted molar refractivity (Wildman–Crippen MR) is 129 cm³/mol. The third kappa shape index (κ3) is 5.82. The van der Waals surface area contributed by atoms with Gasteiger partial charge >= 0.3 is 10.4 Å². The zero-order valence-corrected chi connectivity index (χ0v) is 20.0. The van der Waals surface area contributed by atoms with E-state index in [1.807, 2.05) is 6.07 Å². The largest absolute Gasteiger partial charge is 0.447 e. The fourth-order valence-corrected chi connectivity index (χ4v) is 4.98. The van der Waals surface area contributed by atoms with Gasteiger partial charge < -0.3 is 15.2 Å². The molecule has 4 N–H and O–H groups in total. The van der Waals surface area contributed by atoms with E-state index in [1.165, 1.54) is 22.8 Å². The number of benzene rings is 1. The van der Waals surface area contributed by atoms with Crippen molar-refractivity contribution in [2.75, 3.05) is 32.7 Å². The molecule has 2 aromatic rings. The number of nitrogens with zero attached hydrogens (tertiary/aromatic N) is 2. The lowest BCUT2D eigenvalue weighted by Crippen LogP contribution is -2.41. The van der Waals surface area contributed by atoms with E-state index < -0.39 is 10.4 Å². The molecule has 9 nitrogen and oxygen atoms in total. The highest BCUT2D eigenvalue weighted by atomic mass is 32.3. The van der Waals surface area contributed by atoms with Crippen LogP contribution in [-0.2, 0) is 28.0 Å². The summed E-state index contributed by atoms with van der Waals surface area (Å²) < 4.78 is 36.4. The first-order valence-electron chi connectivity index (χ1n) is 11.4. The van der Waals surface area contributed by atoms with Crippen LogP contribution >= 0.6 is 0 Å². The van der Waals surface area contributed by atoms with Crippen molar-refractivity contribution in [2.45, 2.75) is 32.6 Å². The molecule has 0 radical (unpaired) electrons. The van der Waals surface area contributed by atoms with Crippen molar-refractivity contribution >= 4 is 21.9 Å². The highest BCUT2D eigenvalue weighted by Crippen LogP contribution is 2.38. The molecule has 2 aliphatic rings. The van der Waals surface area contributed by atoms with E-state index in [-0.39, 0.29) is 11.8 Å². The van der Waals surface area contributed by atoms with Crippen molar-refractivity contribution in [1.29, 1.82) is 0 Å². The third-order valence-corrected chi connectivity index (χ3v) is 6.60. The molecular formula is C24H30N4O5S. The van der Waals surface area contributed by atoms with Crippen LogP contribution in [0, 0.1) is 6.92 Å². The zero-order chi connectivity index (χ0) is 24.3. The molecule has 1 amide bonds. The highest BCUT2D eigenvalue weighted by molar-refractivity contribution is 7.81. The standard InChI is InChI=1S/C24H30N4O5S/c1-16-2-6-20-19(14-16)4-3-18-5-7-22(33-34(30,31)32)27-24(18)23(20)17-8-12-28(13-9-17)15-21(29)26-11-10-25/h2,5-7,14H,3-4,8-13,15,25H2,1H3,(H,26,29)(H,30,31,32). The second kappa shape index (κ2) is 10.2. The average Bonchev–Trinajstić information content (AvgIpc) is 2.93. The summed E-state index contributed by atoms with van der Waals surface area (Å²) in [6.07, 6.45) is 3.12. The number of piperidine rings is 1. The van der Waals surface area contributed by atoms with Crippen molar-refractivity contribution in [3.63, 3.8) is 0 Å². The van der Waals surface area contributed by atoms with Gasteiger partial charge in [0.2, 0.25) is 11.8 Å². The quantitative estimate of drug-likeness (QED) is 0.525. The van der Waals surface area contributed by atoms with Crippen LogP contribution in [0.15, 0.2) is 35.9 Å². The maximum Gasteiger partial charge on any atom is 0.447 e. The number of rotatable bonds is 6. The second-order valence-corrected chi connectivity index (χ2v) is 9.74. The lowest BCUT2D eigenvalue weighted by Gasteiger charge is -2.30. The fourth-order valence-electron chi connectivity index (χ4n) is 4.67. The third-order valence-electron chi connectivity index (χ3n) is 6.22. The molecule has 1 aromatic carbocycles. The first kappa shape index (κ1) is 24.3. The van der Waals surface area contributed by atoms with Gasteiger partial charge in [0.05, 0.1) is 12.2 Å². The fraction of sp³-hybridized carbons (Fsp3) is 0.417. The van der Waals surface area contributed by atoms with Gasteiger partial charge in [-0.25, -0.2) is 4.98 Å². The average molecular weight is 487 g/mol. The molecular weight excluding hydrogens is 456 g/mol. The van der Waals surface area contributed by atoms with Crippen molar-refractivity contribution in [3.8, 4) is 5.88 Å². The summed E-state index contributed by atoms with van der Waals surface area (Å²) in [5.74, 6) is -0.195. The Bertz CT molecular complexity index is 1220. The summed E-state index contributed by atoms with van der Waals surface area (Å²) in [4.78, 5) is 18.7. The maximum atomic E-state index is 12.1. The Balaban J connectivity index is 1.70. The van der Waals surface area contributed by atoms with E-state index >= 15 is 0 Å². The Labute approximate surface area is 200 Å². The minimum atomic E-state index is -4.68. The second-order valence-electron chi connectivity index (χ2n) is 8.72. The van der Waals surface area contributed by atoms with E-state index in [2.05, 4.69) is 44.5 Å². The van der Waals surface area contributed by atoms with Gasteiger partial charge in [-0.15, -0.1) is 0 Å². The summed E-state index contributed by atoms with van der Waals surface area (Å²) in [7, 11) is -4.68. The van der Waals surface area contributed by atoms with Gasteiger partial charge in [-0.3, -0.25) is 14.2 Å². The van der Waals surface area contributed by atoms with Crippen molar-refractivity contribution in [2.24, 2.45) is 5.73 Å². The molecule has 2 heterocycles. The molecule has 1 aliphatic carbocycles. The van der Waals surface area contributed by atoms with Crippen LogP contribution in [0.4, 0.5) is 0 Å².